The van der Waals surface area contributed by atoms with Gasteiger partial charge in [0, 0.05) is 51.3 Å². The Balaban J connectivity index is 1.21. The van der Waals surface area contributed by atoms with Crippen molar-refractivity contribution in [1.82, 2.24) is 14.8 Å². The third kappa shape index (κ3) is 13.9. The molecular formula is C35H48N6O4S. The van der Waals surface area contributed by atoms with Gasteiger partial charge in [-0.2, -0.15) is 22.0 Å². The van der Waals surface area contributed by atoms with Crippen LogP contribution in [0.1, 0.15) is 74.3 Å². The van der Waals surface area contributed by atoms with Gasteiger partial charge in [-0.05, 0) is 55.2 Å². The molecule has 0 bridgehead atoms. The van der Waals surface area contributed by atoms with E-state index < -0.39 is 0 Å². The molecule has 11 heteroatoms. The number of rotatable bonds is 20. The molecule has 1 heterocycles. The Morgan fingerprint density at radius 1 is 0.913 bits per heavy atom. The third-order valence-corrected chi connectivity index (χ3v) is 8.25. The SMILES string of the molecule is CCCCCCN(C)C(=O)Nc1cc(C(=O)NCCCCCC(=O)OCCSCc2ccc(N=Nc3ccccc3)cc2)n(C)c1. The zero-order valence-electron chi connectivity index (χ0n) is 27.4. The highest BCUT2D eigenvalue weighted by Crippen LogP contribution is 2.20. The van der Waals surface area contributed by atoms with E-state index in [-0.39, 0.29) is 17.9 Å². The Hall–Kier alpha value is -4.12. The zero-order chi connectivity index (χ0) is 33.0. The first kappa shape index (κ1) is 36.3. The van der Waals surface area contributed by atoms with Gasteiger partial charge in [-0.25, -0.2) is 4.79 Å². The first-order valence-corrected chi connectivity index (χ1v) is 17.3. The predicted molar refractivity (Wildman–Crippen MR) is 186 cm³/mol. The molecule has 0 radical (unpaired) electrons. The minimum Gasteiger partial charge on any atom is -0.465 e. The lowest BCUT2D eigenvalue weighted by Gasteiger charge is -2.17. The molecule has 0 spiro atoms. The number of urea groups is 1. The molecule has 0 saturated heterocycles. The number of nitrogens with one attached hydrogen (secondary N) is 2. The van der Waals surface area contributed by atoms with E-state index in [1.165, 1.54) is 12.0 Å². The molecule has 3 amide bonds. The highest BCUT2D eigenvalue weighted by atomic mass is 32.2. The standard InChI is InChI=1S/C35H48N6O4S/c1-4-5-6-13-22-40(2)35(44)37-31-25-32(41(3)26-31)34(43)36-21-12-8-11-16-33(42)45-23-24-46-27-28-17-19-30(20-18-28)39-38-29-14-9-7-10-15-29/h7,9-10,14-15,17-20,25-26H,4-6,8,11-13,16,21-24,27H2,1-3H3,(H,36,43)(H,37,44). The van der Waals surface area contributed by atoms with Crippen molar-refractivity contribution in [2.24, 2.45) is 17.3 Å². The van der Waals surface area contributed by atoms with Crippen LogP contribution in [0.4, 0.5) is 21.9 Å². The van der Waals surface area contributed by atoms with Gasteiger partial charge in [0.1, 0.15) is 12.3 Å². The first-order valence-electron chi connectivity index (χ1n) is 16.1. The average Bonchev–Trinajstić information content (AvgIpc) is 3.43. The second-order valence-electron chi connectivity index (χ2n) is 11.2. The van der Waals surface area contributed by atoms with Gasteiger partial charge >= 0.3 is 12.0 Å². The van der Waals surface area contributed by atoms with E-state index in [0.29, 0.717) is 43.9 Å². The molecule has 2 aromatic carbocycles. The molecule has 3 aromatic rings. The van der Waals surface area contributed by atoms with Gasteiger partial charge in [0.05, 0.1) is 17.1 Å². The lowest BCUT2D eigenvalue weighted by atomic mass is 10.2. The van der Waals surface area contributed by atoms with Gasteiger partial charge < -0.3 is 24.8 Å². The Kier molecular flexibility index (Phi) is 16.5. The van der Waals surface area contributed by atoms with E-state index in [1.807, 2.05) is 54.6 Å². The normalized spacial score (nSPS) is 11.0. The smallest absolute Gasteiger partial charge is 0.321 e. The summed E-state index contributed by atoms with van der Waals surface area (Å²) in [4.78, 5) is 38.9. The number of hydrogen-bond acceptors (Lipinski definition) is 7. The van der Waals surface area contributed by atoms with Crippen LogP contribution in [0.25, 0.3) is 0 Å². The van der Waals surface area contributed by atoms with Crippen LogP contribution in [0.3, 0.4) is 0 Å². The van der Waals surface area contributed by atoms with E-state index in [4.69, 9.17) is 4.74 Å². The molecule has 0 aliphatic heterocycles. The van der Waals surface area contributed by atoms with Crippen molar-refractivity contribution in [3.63, 3.8) is 0 Å². The Morgan fingerprint density at radius 2 is 1.63 bits per heavy atom. The number of ether oxygens (including phenoxy) is 1. The van der Waals surface area contributed by atoms with Crippen LogP contribution in [-0.4, -0.2) is 59.9 Å². The molecule has 10 nitrogen and oxygen atoms in total. The maximum absolute atomic E-state index is 12.7. The topological polar surface area (TPSA) is 117 Å². The molecule has 0 aliphatic carbocycles. The molecule has 0 saturated carbocycles. The summed E-state index contributed by atoms with van der Waals surface area (Å²) in [6.45, 7) is 3.75. The second kappa shape index (κ2) is 20.8. The van der Waals surface area contributed by atoms with Crippen LogP contribution in [0.15, 0.2) is 77.1 Å². The van der Waals surface area contributed by atoms with Crippen molar-refractivity contribution >= 4 is 46.7 Å². The van der Waals surface area contributed by atoms with Gasteiger partial charge in [-0.15, -0.1) is 0 Å². The number of azo groups is 1. The number of aromatic nitrogens is 1. The first-order chi connectivity index (χ1) is 22.4. The number of nitrogens with zero attached hydrogens (tertiary/aromatic N) is 4. The summed E-state index contributed by atoms with van der Waals surface area (Å²) in [7, 11) is 3.56. The van der Waals surface area contributed by atoms with Gasteiger partial charge in [0.2, 0.25) is 0 Å². The highest BCUT2D eigenvalue weighted by molar-refractivity contribution is 7.98. The summed E-state index contributed by atoms with van der Waals surface area (Å²) in [6, 6.07) is 19.1. The van der Waals surface area contributed by atoms with Crippen molar-refractivity contribution in [1.29, 1.82) is 0 Å². The van der Waals surface area contributed by atoms with Crippen molar-refractivity contribution < 1.29 is 19.1 Å². The fourth-order valence-electron chi connectivity index (χ4n) is 4.56. The number of carbonyl (C=O) groups is 3. The van der Waals surface area contributed by atoms with E-state index in [9.17, 15) is 14.4 Å². The molecule has 0 aliphatic rings. The Labute approximate surface area is 277 Å². The number of unbranched alkanes of at least 4 members (excludes halogenated alkanes) is 5. The molecule has 248 valence electrons. The number of carbonyl (C=O) groups excluding carboxylic acids is 3. The molecule has 0 atom stereocenters. The van der Waals surface area contributed by atoms with Crippen molar-refractivity contribution in [2.45, 2.75) is 64.0 Å². The second-order valence-corrected chi connectivity index (χ2v) is 12.3. The van der Waals surface area contributed by atoms with Gasteiger partial charge in [0.15, 0.2) is 0 Å². The zero-order valence-corrected chi connectivity index (χ0v) is 28.2. The highest BCUT2D eigenvalue weighted by Gasteiger charge is 2.15. The van der Waals surface area contributed by atoms with Crippen molar-refractivity contribution in [3.8, 4) is 0 Å². The van der Waals surface area contributed by atoms with Crippen LogP contribution in [-0.2, 0) is 22.3 Å². The van der Waals surface area contributed by atoms with E-state index in [1.54, 1.807) is 47.6 Å². The van der Waals surface area contributed by atoms with Crippen LogP contribution < -0.4 is 10.6 Å². The number of thioether (sulfide) groups is 1. The molecule has 0 fully saturated rings. The summed E-state index contributed by atoms with van der Waals surface area (Å²) in [5, 5.41) is 14.3. The summed E-state index contributed by atoms with van der Waals surface area (Å²) in [5.41, 5.74) is 3.87. The summed E-state index contributed by atoms with van der Waals surface area (Å²) >= 11 is 1.71. The van der Waals surface area contributed by atoms with Gasteiger partial charge in [-0.1, -0.05) is 62.9 Å². The van der Waals surface area contributed by atoms with Crippen LogP contribution in [0.5, 0.6) is 0 Å². The Bertz CT molecular complexity index is 1380. The molecule has 3 rings (SSSR count). The Morgan fingerprint density at radius 3 is 2.37 bits per heavy atom. The van der Waals surface area contributed by atoms with Crippen LogP contribution in [0, 0.1) is 0 Å². The fourth-order valence-corrected chi connectivity index (χ4v) is 5.34. The van der Waals surface area contributed by atoms with Crippen molar-refractivity contribution in [2.75, 3.05) is 37.8 Å². The number of benzene rings is 2. The maximum Gasteiger partial charge on any atom is 0.321 e. The molecule has 1 aromatic heterocycles. The monoisotopic (exact) mass is 648 g/mol. The summed E-state index contributed by atoms with van der Waals surface area (Å²) in [6.07, 6.45) is 8.79. The lowest BCUT2D eigenvalue weighted by molar-refractivity contribution is -0.143. The average molecular weight is 649 g/mol. The number of amides is 3. The maximum atomic E-state index is 12.7. The van der Waals surface area contributed by atoms with Gasteiger partial charge in [0.25, 0.3) is 5.91 Å². The third-order valence-electron chi connectivity index (χ3n) is 7.26. The fraction of sp³-hybridized carbons (Fsp3) is 0.457. The number of esters is 1. The molecule has 46 heavy (non-hydrogen) atoms. The lowest BCUT2D eigenvalue weighted by Crippen LogP contribution is -2.32. The van der Waals surface area contributed by atoms with Crippen molar-refractivity contribution in [3.05, 3.63) is 78.1 Å². The summed E-state index contributed by atoms with van der Waals surface area (Å²) in [5.74, 6) is 1.17. The number of hydrogen-bond donors (Lipinski definition) is 2. The van der Waals surface area contributed by atoms with Crippen LogP contribution >= 0.6 is 11.8 Å². The van der Waals surface area contributed by atoms with E-state index >= 15 is 0 Å². The molecule has 0 unspecified atom stereocenters. The summed E-state index contributed by atoms with van der Waals surface area (Å²) < 4.78 is 7.08. The van der Waals surface area contributed by atoms with Crippen LogP contribution in [0.2, 0.25) is 0 Å². The minimum absolute atomic E-state index is 0.184. The van der Waals surface area contributed by atoms with E-state index in [0.717, 1.165) is 55.0 Å². The predicted octanol–water partition coefficient (Wildman–Crippen LogP) is 8.25. The minimum atomic E-state index is -0.197. The number of aryl methyl sites for hydroxylation is 1. The number of anilines is 1. The molecular weight excluding hydrogens is 600 g/mol. The molecule has 2 N–H and O–H groups in total. The quantitative estimate of drug-likeness (QED) is 0.0727. The largest absolute Gasteiger partial charge is 0.465 e. The van der Waals surface area contributed by atoms with E-state index in [2.05, 4.69) is 27.8 Å². The van der Waals surface area contributed by atoms with Gasteiger partial charge in [-0.3, -0.25) is 9.59 Å².